The summed E-state index contributed by atoms with van der Waals surface area (Å²) in [4.78, 5) is 26.5. The highest BCUT2D eigenvalue weighted by molar-refractivity contribution is 5.88. The molecule has 4 heteroatoms. The van der Waals surface area contributed by atoms with E-state index in [4.69, 9.17) is 0 Å². The van der Waals surface area contributed by atoms with Crippen molar-refractivity contribution in [2.45, 2.75) is 83.5 Å². The van der Waals surface area contributed by atoms with Gasteiger partial charge in [-0.2, -0.15) is 0 Å². The Labute approximate surface area is 173 Å². The van der Waals surface area contributed by atoms with Crippen LogP contribution in [0.1, 0.15) is 83.5 Å². The molecular formula is C25H34N2O2. The number of nitrogens with one attached hydrogen (secondary N) is 2. The summed E-state index contributed by atoms with van der Waals surface area (Å²) >= 11 is 0. The maximum atomic E-state index is 13.2. The minimum Gasteiger partial charge on any atom is -0.327 e. The van der Waals surface area contributed by atoms with Gasteiger partial charge in [0, 0.05) is 17.8 Å². The molecule has 0 aromatic carbocycles. The molecule has 8 saturated carbocycles. The van der Waals surface area contributed by atoms with Crippen LogP contribution in [0.2, 0.25) is 0 Å². The number of hydrogen-bond donors (Lipinski definition) is 2. The predicted molar refractivity (Wildman–Crippen MR) is 109 cm³/mol. The van der Waals surface area contributed by atoms with Crippen LogP contribution < -0.4 is 10.6 Å². The Balaban J connectivity index is 1.03. The Morgan fingerprint density at radius 3 is 1.10 bits per heavy atom. The van der Waals surface area contributed by atoms with E-state index in [1.807, 2.05) is 0 Å². The lowest BCUT2D eigenvalue weighted by Gasteiger charge is -2.55. The van der Waals surface area contributed by atoms with Crippen LogP contribution in [-0.2, 0) is 9.59 Å². The zero-order valence-electron chi connectivity index (χ0n) is 17.5. The zero-order valence-corrected chi connectivity index (χ0v) is 17.5. The van der Waals surface area contributed by atoms with Crippen LogP contribution in [-0.4, -0.2) is 11.8 Å². The lowest BCUT2D eigenvalue weighted by molar-refractivity contribution is -0.146. The van der Waals surface area contributed by atoms with E-state index in [0.29, 0.717) is 0 Å². The van der Waals surface area contributed by atoms with Crippen molar-refractivity contribution in [2.75, 3.05) is 0 Å². The van der Waals surface area contributed by atoms with Crippen molar-refractivity contribution >= 4 is 11.8 Å². The molecule has 8 bridgehead atoms. The molecular weight excluding hydrogens is 360 g/mol. The molecule has 4 nitrogen and oxygen atoms in total. The van der Waals surface area contributed by atoms with Crippen LogP contribution in [0.5, 0.6) is 0 Å². The molecule has 2 amide bonds. The number of carbonyl (C=O) groups is 2. The second kappa shape index (κ2) is 5.68. The average Bonchev–Trinajstić information content (AvgIpc) is 3.36. The van der Waals surface area contributed by atoms with Crippen molar-refractivity contribution in [3.05, 3.63) is 11.4 Å². The van der Waals surface area contributed by atoms with Gasteiger partial charge in [0.2, 0.25) is 11.8 Å². The normalized spacial score (nSPS) is 50.8. The summed E-state index contributed by atoms with van der Waals surface area (Å²) in [6.45, 7) is 0. The summed E-state index contributed by atoms with van der Waals surface area (Å²) in [6, 6.07) is 0. The second-order valence-corrected chi connectivity index (χ2v) is 12.4. The average molecular weight is 395 g/mol. The SMILES string of the molecule is O=C(NC1=C(NC(=O)C23CC4CC(CC(C4)C2)C3)C1)C12CC3CC(CC(C3)C1)C2. The number of carbonyl (C=O) groups excluding carboxylic acids is 2. The Kier molecular flexibility index (Phi) is 3.40. The molecule has 0 aromatic rings. The first-order valence-electron chi connectivity index (χ1n) is 12.3. The van der Waals surface area contributed by atoms with Gasteiger partial charge in [0.25, 0.3) is 0 Å². The van der Waals surface area contributed by atoms with Crippen molar-refractivity contribution in [3.63, 3.8) is 0 Å². The van der Waals surface area contributed by atoms with Crippen molar-refractivity contribution in [3.8, 4) is 0 Å². The third kappa shape index (κ3) is 2.63. The minimum absolute atomic E-state index is 0.0978. The van der Waals surface area contributed by atoms with E-state index in [2.05, 4.69) is 10.6 Å². The van der Waals surface area contributed by atoms with Gasteiger partial charge in [-0.15, -0.1) is 0 Å². The van der Waals surface area contributed by atoms with Gasteiger partial charge in [-0.3, -0.25) is 9.59 Å². The minimum atomic E-state index is -0.0978. The third-order valence-electron chi connectivity index (χ3n) is 10.2. The van der Waals surface area contributed by atoms with Gasteiger partial charge < -0.3 is 10.6 Å². The van der Waals surface area contributed by atoms with Gasteiger partial charge in [-0.25, -0.2) is 0 Å². The van der Waals surface area contributed by atoms with Gasteiger partial charge in [0.05, 0.1) is 10.8 Å². The maximum Gasteiger partial charge on any atom is 0.230 e. The first kappa shape index (κ1) is 17.4. The van der Waals surface area contributed by atoms with Gasteiger partial charge in [-0.1, -0.05) is 0 Å². The molecule has 0 aliphatic heterocycles. The first-order chi connectivity index (χ1) is 14.0. The van der Waals surface area contributed by atoms with E-state index in [-0.39, 0.29) is 22.6 Å². The fraction of sp³-hybridized carbons (Fsp3) is 0.840. The Bertz CT molecular complexity index is 688. The third-order valence-corrected chi connectivity index (χ3v) is 10.2. The van der Waals surface area contributed by atoms with E-state index >= 15 is 0 Å². The van der Waals surface area contributed by atoms with Gasteiger partial charge in [0.15, 0.2) is 0 Å². The maximum absolute atomic E-state index is 13.2. The summed E-state index contributed by atoms with van der Waals surface area (Å²) in [6.07, 6.45) is 15.6. The van der Waals surface area contributed by atoms with E-state index < -0.39 is 0 Å². The monoisotopic (exact) mass is 394 g/mol. The number of hydrogen-bond acceptors (Lipinski definition) is 2. The molecule has 0 spiro atoms. The van der Waals surface area contributed by atoms with E-state index in [1.54, 1.807) is 0 Å². The number of amides is 2. The van der Waals surface area contributed by atoms with Crippen molar-refractivity contribution in [1.29, 1.82) is 0 Å². The molecule has 9 rings (SSSR count). The fourth-order valence-corrected chi connectivity index (χ4v) is 9.69. The van der Waals surface area contributed by atoms with Crippen LogP contribution in [0.4, 0.5) is 0 Å². The lowest BCUT2D eigenvalue weighted by atomic mass is 9.49. The highest BCUT2D eigenvalue weighted by Gasteiger charge is 2.56. The Morgan fingerprint density at radius 1 is 0.552 bits per heavy atom. The fourth-order valence-electron chi connectivity index (χ4n) is 9.69. The molecule has 0 atom stereocenters. The molecule has 0 unspecified atom stereocenters. The van der Waals surface area contributed by atoms with Gasteiger partial charge >= 0.3 is 0 Å². The topological polar surface area (TPSA) is 58.2 Å². The molecule has 9 aliphatic carbocycles. The van der Waals surface area contributed by atoms with Gasteiger partial charge in [-0.05, 0) is 113 Å². The summed E-state index contributed by atoms with van der Waals surface area (Å²) in [5.41, 5.74) is 1.81. The van der Waals surface area contributed by atoms with Gasteiger partial charge in [0.1, 0.15) is 0 Å². The summed E-state index contributed by atoms with van der Waals surface area (Å²) in [5, 5.41) is 6.53. The zero-order chi connectivity index (χ0) is 19.4. The van der Waals surface area contributed by atoms with Crippen LogP contribution >= 0.6 is 0 Å². The predicted octanol–water partition coefficient (Wildman–Crippen LogP) is 4.27. The van der Waals surface area contributed by atoms with E-state index in [1.165, 1.54) is 38.5 Å². The lowest BCUT2D eigenvalue weighted by Crippen LogP contribution is -2.53. The molecule has 0 saturated heterocycles. The highest BCUT2D eigenvalue weighted by atomic mass is 16.2. The molecule has 8 fully saturated rings. The summed E-state index contributed by atoms with van der Waals surface area (Å²) in [7, 11) is 0. The number of rotatable bonds is 4. The molecule has 156 valence electrons. The quantitative estimate of drug-likeness (QED) is 0.748. The number of allylic oxidation sites excluding steroid dienone is 2. The van der Waals surface area contributed by atoms with E-state index in [0.717, 1.165) is 91.8 Å². The standard InChI is InChI=1S/C25H34N2O2/c28-22(24-8-14-1-15(9-24)3-16(2-14)10-24)26-20-7-21(20)27-23(29)25-11-17-4-18(12-25)6-19(5-17)13-25/h14-19H,1-13H2,(H,26,28)(H,27,29). The summed E-state index contributed by atoms with van der Waals surface area (Å²) < 4.78 is 0. The molecule has 0 heterocycles. The Hall–Kier alpha value is -1.32. The van der Waals surface area contributed by atoms with Crippen LogP contribution in [0.3, 0.4) is 0 Å². The second-order valence-electron chi connectivity index (χ2n) is 12.4. The van der Waals surface area contributed by atoms with Crippen molar-refractivity contribution < 1.29 is 9.59 Å². The molecule has 29 heavy (non-hydrogen) atoms. The summed E-state index contributed by atoms with van der Waals surface area (Å²) in [5.74, 6) is 5.26. The molecule has 0 aromatic heterocycles. The van der Waals surface area contributed by atoms with Crippen LogP contribution in [0, 0.1) is 46.3 Å². The Morgan fingerprint density at radius 2 is 0.828 bits per heavy atom. The van der Waals surface area contributed by atoms with Crippen molar-refractivity contribution in [1.82, 2.24) is 10.6 Å². The highest BCUT2D eigenvalue weighted by Crippen LogP contribution is 2.61. The van der Waals surface area contributed by atoms with Crippen LogP contribution in [0.25, 0.3) is 0 Å². The molecule has 9 aliphatic rings. The van der Waals surface area contributed by atoms with Crippen LogP contribution in [0.15, 0.2) is 11.4 Å². The largest absolute Gasteiger partial charge is 0.327 e. The molecule has 2 N–H and O–H groups in total. The van der Waals surface area contributed by atoms with Crippen molar-refractivity contribution in [2.24, 2.45) is 46.3 Å². The van der Waals surface area contributed by atoms with E-state index in [9.17, 15) is 9.59 Å². The smallest absolute Gasteiger partial charge is 0.230 e. The molecule has 0 radical (unpaired) electrons. The first-order valence-corrected chi connectivity index (χ1v) is 12.3.